The predicted octanol–water partition coefficient (Wildman–Crippen LogP) is 5.26. The molecule has 42 heavy (non-hydrogen) atoms. The molecule has 1 fully saturated rings. The normalized spacial score (nSPS) is 27.2. The molecular formula is C32H41ClN2O6S. The zero-order valence-electron chi connectivity index (χ0n) is 24.1. The Morgan fingerprint density at radius 3 is 2.76 bits per heavy atom. The number of ether oxygens (including phenoxy) is 2. The Morgan fingerprint density at radius 2 is 1.98 bits per heavy atom. The second kappa shape index (κ2) is 13.8. The molecule has 8 nitrogen and oxygen atoms in total. The summed E-state index contributed by atoms with van der Waals surface area (Å²) in [5.41, 5.74) is 3.25. The molecule has 1 amide bonds. The van der Waals surface area contributed by atoms with Gasteiger partial charge in [-0.3, -0.25) is 4.79 Å². The number of methoxy groups -OCH3 is 1. The SMILES string of the molecule is COCC[C@@H]1CC/C=C/[C@H](O)[C@@H]2CC[C@H]2CN2CCCCc3cc(Cl)ccc3COc3ccc(cc32)C(=O)NS1(=O)=O. The van der Waals surface area contributed by atoms with E-state index in [0.717, 1.165) is 49.9 Å². The first-order valence-electron chi connectivity index (χ1n) is 14.9. The predicted molar refractivity (Wildman–Crippen MR) is 165 cm³/mol. The van der Waals surface area contributed by atoms with Gasteiger partial charge in [-0.15, -0.1) is 0 Å². The molecule has 10 heteroatoms. The second-order valence-electron chi connectivity index (χ2n) is 11.7. The van der Waals surface area contributed by atoms with Gasteiger partial charge in [0.25, 0.3) is 5.91 Å². The van der Waals surface area contributed by atoms with Crippen LogP contribution in [-0.2, 0) is 27.8 Å². The molecule has 5 rings (SSSR count). The van der Waals surface area contributed by atoms with Gasteiger partial charge in [0, 0.05) is 37.4 Å². The maximum absolute atomic E-state index is 13.4. The van der Waals surface area contributed by atoms with E-state index in [9.17, 15) is 18.3 Å². The molecule has 1 saturated carbocycles. The van der Waals surface area contributed by atoms with Crippen molar-refractivity contribution in [3.05, 3.63) is 70.3 Å². The van der Waals surface area contributed by atoms with Gasteiger partial charge in [-0.25, -0.2) is 13.1 Å². The van der Waals surface area contributed by atoms with E-state index in [-0.39, 0.29) is 24.5 Å². The average Bonchev–Trinajstić information content (AvgIpc) is 2.97. The highest BCUT2D eigenvalue weighted by atomic mass is 35.5. The molecule has 0 aromatic heterocycles. The number of benzene rings is 2. The Morgan fingerprint density at radius 1 is 1.12 bits per heavy atom. The summed E-state index contributed by atoms with van der Waals surface area (Å²) >= 11 is 6.30. The lowest BCUT2D eigenvalue weighted by molar-refractivity contribution is 0.0461. The number of rotatable bonds is 3. The first kappa shape index (κ1) is 30.9. The van der Waals surface area contributed by atoms with Crippen LogP contribution in [0.3, 0.4) is 0 Å². The van der Waals surface area contributed by atoms with E-state index in [1.165, 1.54) is 12.7 Å². The zero-order valence-corrected chi connectivity index (χ0v) is 25.7. The number of aryl methyl sites for hydroxylation is 1. The van der Waals surface area contributed by atoms with Crippen molar-refractivity contribution in [3.63, 3.8) is 0 Å². The van der Waals surface area contributed by atoms with Crippen LogP contribution in [0.5, 0.6) is 5.75 Å². The van der Waals surface area contributed by atoms with E-state index in [0.29, 0.717) is 42.7 Å². The average molecular weight is 617 g/mol. The first-order chi connectivity index (χ1) is 20.2. The van der Waals surface area contributed by atoms with E-state index in [1.54, 1.807) is 18.2 Å². The molecule has 4 atom stereocenters. The zero-order chi connectivity index (χ0) is 29.7. The Balaban J connectivity index is 1.52. The number of halogens is 1. The molecule has 228 valence electrons. The molecule has 0 unspecified atom stereocenters. The molecule has 2 N–H and O–H groups in total. The van der Waals surface area contributed by atoms with Crippen molar-refractivity contribution in [2.75, 3.05) is 31.7 Å². The maximum atomic E-state index is 13.4. The van der Waals surface area contributed by atoms with E-state index >= 15 is 0 Å². The fourth-order valence-electron chi connectivity index (χ4n) is 6.27. The molecule has 2 aliphatic heterocycles. The lowest BCUT2D eigenvalue weighted by Gasteiger charge is -2.42. The van der Waals surface area contributed by atoms with Crippen molar-refractivity contribution < 1.29 is 27.8 Å². The summed E-state index contributed by atoms with van der Waals surface area (Å²) in [5, 5.41) is 10.9. The van der Waals surface area contributed by atoms with Crippen LogP contribution in [0.4, 0.5) is 5.69 Å². The van der Waals surface area contributed by atoms with Gasteiger partial charge in [0.1, 0.15) is 12.4 Å². The van der Waals surface area contributed by atoms with Gasteiger partial charge in [-0.2, -0.15) is 0 Å². The minimum atomic E-state index is -3.97. The Labute approximate surface area is 254 Å². The molecular weight excluding hydrogens is 576 g/mol. The lowest BCUT2D eigenvalue weighted by atomic mass is 9.70. The fraction of sp³-hybridized carbons (Fsp3) is 0.531. The molecule has 1 aliphatic carbocycles. The van der Waals surface area contributed by atoms with Gasteiger partial charge >= 0.3 is 0 Å². The van der Waals surface area contributed by atoms with Crippen LogP contribution < -0.4 is 14.4 Å². The molecule has 0 radical (unpaired) electrons. The van der Waals surface area contributed by atoms with Gasteiger partial charge in [0.2, 0.25) is 10.0 Å². The summed E-state index contributed by atoms with van der Waals surface area (Å²) in [6, 6.07) is 11.0. The van der Waals surface area contributed by atoms with Gasteiger partial charge in [-0.1, -0.05) is 29.8 Å². The summed E-state index contributed by atoms with van der Waals surface area (Å²) in [7, 11) is -2.45. The van der Waals surface area contributed by atoms with Crippen molar-refractivity contribution in [2.45, 2.75) is 69.3 Å². The molecule has 2 aromatic carbocycles. The summed E-state index contributed by atoms with van der Waals surface area (Å²) < 4.78 is 40.5. The number of allylic oxidation sites excluding steroid dienone is 1. The van der Waals surface area contributed by atoms with E-state index in [4.69, 9.17) is 21.1 Å². The number of aliphatic hydroxyl groups excluding tert-OH is 1. The fourth-order valence-corrected chi connectivity index (χ4v) is 7.86. The number of hydrogen-bond acceptors (Lipinski definition) is 7. The monoisotopic (exact) mass is 616 g/mol. The number of hydrogen-bond donors (Lipinski definition) is 2. The Kier molecular flexibility index (Phi) is 10.1. The van der Waals surface area contributed by atoms with Crippen molar-refractivity contribution in [1.82, 2.24) is 4.72 Å². The van der Waals surface area contributed by atoms with Crippen molar-refractivity contribution in [1.29, 1.82) is 0 Å². The number of nitrogens with one attached hydrogen (secondary N) is 1. The molecule has 2 aromatic rings. The van der Waals surface area contributed by atoms with Crippen LogP contribution in [-0.4, -0.2) is 57.6 Å². The number of sulfonamides is 1. The van der Waals surface area contributed by atoms with Crippen molar-refractivity contribution >= 4 is 33.2 Å². The van der Waals surface area contributed by atoms with Crippen LogP contribution >= 0.6 is 11.6 Å². The number of nitrogens with zero attached hydrogens (tertiary/aromatic N) is 1. The first-order valence-corrected chi connectivity index (χ1v) is 16.9. The van der Waals surface area contributed by atoms with Crippen LogP contribution in [0.2, 0.25) is 5.02 Å². The highest BCUT2D eigenvalue weighted by molar-refractivity contribution is 7.90. The number of fused-ring (bicyclic) bond motifs is 3. The number of carbonyl (C=O) groups is 1. The standard InChI is InChI=1S/C32H41ClN2O6S/c1-40-17-15-27-7-2-3-8-30(36)28-13-10-24(28)20-35-16-5-4-6-22-18-26(33)12-9-25(22)21-41-31-14-11-23(19-29(31)35)32(37)34-42(27,38)39/h3,8-9,11-12,14,18-19,24,27-28,30,36H,2,4-7,10,13,15-17,20-21H2,1H3,(H,34,37)/b8-3+/t24-,27-,28+,30-/m0/s1. The summed E-state index contributed by atoms with van der Waals surface area (Å²) in [6.07, 6.45) is 8.87. The molecule has 0 saturated heterocycles. The number of anilines is 1. The van der Waals surface area contributed by atoms with Crippen LogP contribution in [0.25, 0.3) is 0 Å². The topological polar surface area (TPSA) is 105 Å². The number of aliphatic hydroxyl groups is 1. The summed E-state index contributed by atoms with van der Waals surface area (Å²) in [6.45, 7) is 2.07. The smallest absolute Gasteiger partial charge is 0.264 e. The van der Waals surface area contributed by atoms with Gasteiger partial charge < -0.3 is 19.5 Å². The van der Waals surface area contributed by atoms with Crippen molar-refractivity contribution in [2.24, 2.45) is 11.8 Å². The lowest BCUT2D eigenvalue weighted by Crippen LogP contribution is -2.43. The largest absolute Gasteiger partial charge is 0.487 e. The van der Waals surface area contributed by atoms with Crippen LogP contribution in [0, 0.1) is 11.8 Å². The molecule has 0 spiro atoms. The Bertz CT molecular complexity index is 1400. The molecule has 2 heterocycles. The molecule has 2 bridgehead atoms. The van der Waals surface area contributed by atoms with Gasteiger partial charge in [0.15, 0.2) is 0 Å². The second-order valence-corrected chi connectivity index (χ2v) is 14.1. The number of amides is 1. The number of carbonyl (C=O) groups excluding carboxylic acids is 1. The van der Waals surface area contributed by atoms with E-state index in [2.05, 4.69) is 9.62 Å². The third kappa shape index (κ3) is 7.30. The van der Waals surface area contributed by atoms with Gasteiger partial charge in [-0.05, 0) is 105 Å². The van der Waals surface area contributed by atoms with E-state index in [1.807, 2.05) is 30.4 Å². The van der Waals surface area contributed by atoms with Crippen LogP contribution in [0.1, 0.15) is 66.4 Å². The Hall–Kier alpha value is -2.59. The molecule has 3 aliphatic rings. The minimum absolute atomic E-state index is 0.127. The van der Waals surface area contributed by atoms with E-state index < -0.39 is 27.3 Å². The highest BCUT2D eigenvalue weighted by Gasteiger charge is 2.37. The quantitative estimate of drug-likeness (QED) is 0.453. The summed E-state index contributed by atoms with van der Waals surface area (Å²) in [5.74, 6) is 0.392. The summed E-state index contributed by atoms with van der Waals surface area (Å²) in [4.78, 5) is 15.6. The van der Waals surface area contributed by atoms with Crippen molar-refractivity contribution in [3.8, 4) is 5.75 Å². The third-order valence-corrected chi connectivity index (χ3v) is 11.0. The van der Waals surface area contributed by atoms with Crippen LogP contribution in [0.15, 0.2) is 48.6 Å². The maximum Gasteiger partial charge on any atom is 0.264 e. The third-order valence-electron chi connectivity index (χ3n) is 8.91. The minimum Gasteiger partial charge on any atom is -0.487 e. The highest BCUT2D eigenvalue weighted by Crippen LogP contribution is 2.41. The van der Waals surface area contributed by atoms with Gasteiger partial charge in [0.05, 0.1) is 17.0 Å².